The number of fused-ring (bicyclic) bond motifs is 1. The molecule has 0 aliphatic heterocycles. The van der Waals surface area contributed by atoms with Crippen LogP contribution in [0.2, 0.25) is 10.0 Å². The molecule has 1 aliphatic rings. The minimum absolute atomic E-state index is 0.151. The Balaban J connectivity index is 1.54. The molecule has 6 nitrogen and oxygen atoms in total. The largest absolute Gasteiger partial charge is 0.348 e. The summed E-state index contributed by atoms with van der Waals surface area (Å²) >= 11 is 12.4. The zero-order chi connectivity index (χ0) is 18.8. The van der Waals surface area contributed by atoms with Gasteiger partial charge in [-0.1, -0.05) is 48.5 Å². The van der Waals surface area contributed by atoms with E-state index in [1.54, 1.807) is 30.5 Å². The minimum Gasteiger partial charge on any atom is -0.348 e. The molecule has 0 bridgehead atoms. The smallest absolute Gasteiger partial charge is 0.270 e. The molecule has 3 aromatic rings. The van der Waals surface area contributed by atoms with E-state index in [1.807, 2.05) is 0 Å². The first-order chi connectivity index (χ1) is 13.1. The van der Waals surface area contributed by atoms with Crippen LogP contribution in [0.1, 0.15) is 42.6 Å². The Morgan fingerprint density at radius 2 is 1.89 bits per heavy atom. The van der Waals surface area contributed by atoms with Crippen LogP contribution in [-0.2, 0) is 0 Å². The van der Waals surface area contributed by atoms with Crippen LogP contribution in [0.5, 0.6) is 0 Å². The number of H-pyrrole nitrogens is 1. The third-order valence-electron chi connectivity index (χ3n) is 4.75. The molecular weight excluding hydrogens is 385 g/mol. The highest BCUT2D eigenvalue weighted by molar-refractivity contribution is 6.39. The van der Waals surface area contributed by atoms with Crippen molar-refractivity contribution in [1.29, 1.82) is 0 Å². The number of carbonyl (C=O) groups excluding carboxylic acids is 1. The zero-order valence-corrected chi connectivity index (χ0v) is 16.1. The monoisotopic (exact) mass is 403 g/mol. The van der Waals surface area contributed by atoms with Crippen LogP contribution in [0.25, 0.3) is 11.0 Å². The third kappa shape index (κ3) is 4.01. The average Bonchev–Trinajstić information content (AvgIpc) is 3.07. The molecule has 1 fully saturated rings. The number of aromatic amines is 1. The van der Waals surface area contributed by atoms with Gasteiger partial charge in [-0.2, -0.15) is 0 Å². The van der Waals surface area contributed by atoms with E-state index in [-0.39, 0.29) is 11.9 Å². The van der Waals surface area contributed by atoms with Gasteiger partial charge in [0.25, 0.3) is 5.91 Å². The fraction of sp³-hybridized carbons (Fsp3) is 0.316. The number of halogens is 2. The lowest BCUT2D eigenvalue weighted by molar-refractivity contribution is 0.0923. The number of nitrogens with zero attached hydrogens (tertiary/aromatic N) is 2. The van der Waals surface area contributed by atoms with Crippen LogP contribution < -0.4 is 10.6 Å². The Bertz CT molecular complexity index is 961. The number of rotatable bonds is 4. The Morgan fingerprint density at radius 3 is 2.63 bits per heavy atom. The Kier molecular flexibility index (Phi) is 5.18. The second kappa shape index (κ2) is 7.74. The van der Waals surface area contributed by atoms with E-state index >= 15 is 0 Å². The average molecular weight is 404 g/mol. The van der Waals surface area contributed by atoms with Crippen molar-refractivity contribution in [2.24, 2.45) is 0 Å². The molecule has 140 valence electrons. The first-order valence-electron chi connectivity index (χ1n) is 8.98. The fourth-order valence-electron chi connectivity index (χ4n) is 3.34. The van der Waals surface area contributed by atoms with Gasteiger partial charge in [0.15, 0.2) is 0 Å². The normalized spacial score (nSPS) is 15.0. The van der Waals surface area contributed by atoms with Crippen molar-refractivity contribution < 1.29 is 4.79 Å². The number of anilines is 2. The molecule has 0 saturated heterocycles. The number of amides is 1. The second-order valence-corrected chi connectivity index (χ2v) is 7.52. The van der Waals surface area contributed by atoms with Crippen LogP contribution in [-0.4, -0.2) is 26.9 Å². The second-order valence-electron chi connectivity index (χ2n) is 6.70. The van der Waals surface area contributed by atoms with E-state index in [0.717, 1.165) is 25.7 Å². The van der Waals surface area contributed by atoms with Gasteiger partial charge in [0, 0.05) is 6.04 Å². The number of nitrogens with one attached hydrogen (secondary N) is 3. The van der Waals surface area contributed by atoms with Crippen molar-refractivity contribution in [2.75, 3.05) is 5.32 Å². The first-order valence-corrected chi connectivity index (χ1v) is 9.73. The standard InChI is InChI=1S/C19H19Cl2N5O/c20-12-7-4-8-13(21)17(12)26-19-24-14-9-15(22-10-16(14)25-19)18(27)23-11-5-2-1-3-6-11/h4,7-11H,1-3,5-6H2,(H,23,27)(H2,24,25,26). The van der Waals surface area contributed by atoms with Gasteiger partial charge < -0.3 is 15.6 Å². The van der Waals surface area contributed by atoms with Crippen LogP contribution in [0.15, 0.2) is 30.5 Å². The lowest BCUT2D eigenvalue weighted by atomic mass is 9.95. The minimum atomic E-state index is -0.151. The summed E-state index contributed by atoms with van der Waals surface area (Å²) in [6.45, 7) is 0. The van der Waals surface area contributed by atoms with Gasteiger partial charge in [-0.05, 0) is 31.0 Å². The highest BCUT2D eigenvalue weighted by Gasteiger charge is 2.18. The quantitative estimate of drug-likeness (QED) is 0.567. The lowest BCUT2D eigenvalue weighted by Gasteiger charge is -2.22. The van der Waals surface area contributed by atoms with Crippen molar-refractivity contribution in [3.05, 3.63) is 46.2 Å². The maximum atomic E-state index is 12.5. The van der Waals surface area contributed by atoms with Gasteiger partial charge in [0.1, 0.15) is 11.2 Å². The Labute approximate surface area is 166 Å². The summed E-state index contributed by atoms with van der Waals surface area (Å²) in [6, 6.07) is 7.21. The van der Waals surface area contributed by atoms with Crippen LogP contribution in [0, 0.1) is 0 Å². The van der Waals surface area contributed by atoms with Crippen molar-refractivity contribution in [2.45, 2.75) is 38.1 Å². The predicted molar refractivity (Wildman–Crippen MR) is 108 cm³/mol. The Morgan fingerprint density at radius 1 is 1.15 bits per heavy atom. The predicted octanol–water partition coefficient (Wildman–Crippen LogP) is 5.07. The molecule has 8 heteroatoms. The maximum absolute atomic E-state index is 12.5. The van der Waals surface area contributed by atoms with Crippen LogP contribution in [0.4, 0.5) is 11.6 Å². The molecule has 3 N–H and O–H groups in total. The molecule has 2 heterocycles. The number of hydrogen-bond donors (Lipinski definition) is 3. The number of carbonyl (C=O) groups is 1. The molecule has 1 amide bonds. The van der Waals surface area contributed by atoms with E-state index in [1.165, 1.54) is 6.42 Å². The van der Waals surface area contributed by atoms with Crippen molar-refractivity contribution in [1.82, 2.24) is 20.3 Å². The first kappa shape index (κ1) is 18.1. The van der Waals surface area contributed by atoms with Crippen LogP contribution in [0.3, 0.4) is 0 Å². The van der Waals surface area contributed by atoms with Gasteiger partial charge in [-0.3, -0.25) is 4.79 Å². The summed E-state index contributed by atoms with van der Waals surface area (Å²) in [7, 11) is 0. The number of pyridine rings is 1. The van der Waals surface area contributed by atoms with Gasteiger partial charge in [-0.15, -0.1) is 0 Å². The topological polar surface area (TPSA) is 82.7 Å². The van der Waals surface area contributed by atoms with E-state index in [0.29, 0.717) is 38.4 Å². The SMILES string of the molecule is O=C(NC1CCCCC1)c1cc2[nH]c(Nc3c(Cl)cccc3Cl)nc2cn1. The zero-order valence-electron chi connectivity index (χ0n) is 14.6. The Hall–Kier alpha value is -2.31. The molecule has 4 rings (SSSR count). The van der Waals surface area contributed by atoms with E-state index in [2.05, 4.69) is 25.6 Å². The third-order valence-corrected chi connectivity index (χ3v) is 5.38. The number of benzene rings is 1. The summed E-state index contributed by atoms with van der Waals surface area (Å²) in [6.07, 6.45) is 7.22. The lowest BCUT2D eigenvalue weighted by Crippen LogP contribution is -2.36. The van der Waals surface area contributed by atoms with Crippen molar-refractivity contribution in [3.63, 3.8) is 0 Å². The van der Waals surface area contributed by atoms with Crippen LogP contribution >= 0.6 is 23.2 Å². The van der Waals surface area contributed by atoms with Gasteiger partial charge in [0.2, 0.25) is 5.95 Å². The highest BCUT2D eigenvalue weighted by atomic mass is 35.5. The number of aromatic nitrogens is 3. The van der Waals surface area contributed by atoms with E-state index in [9.17, 15) is 4.79 Å². The van der Waals surface area contributed by atoms with E-state index < -0.39 is 0 Å². The van der Waals surface area contributed by atoms with Crippen molar-refractivity contribution >= 4 is 51.8 Å². The summed E-state index contributed by atoms with van der Waals surface area (Å²) in [5.74, 6) is 0.327. The maximum Gasteiger partial charge on any atom is 0.270 e. The summed E-state index contributed by atoms with van der Waals surface area (Å²) < 4.78 is 0. The molecule has 1 aliphatic carbocycles. The fourth-order valence-corrected chi connectivity index (χ4v) is 3.83. The van der Waals surface area contributed by atoms with Gasteiger partial charge >= 0.3 is 0 Å². The number of imidazole rings is 1. The summed E-state index contributed by atoms with van der Waals surface area (Å²) in [5, 5.41) is 7.15. The molecule has 0 unspecified atom stereocenters. The molecule has 2 aromatic heterocycles. The van der Waals surface area contributed by atoms with Gasteiger partial charge in [0.05, 0.1) is 27.4 Å². The summed E-state index contributed by atoms with van der Waals surface area (Å²) in [4.78, 5) is 24.3. The molecule has 0 atom stereocenters. The van der Waals surface area contributed by atoms with Gasteiger partial charge in [-0.25, -0.2) is 9.97 Å². The van der Waals surface area contributed by atoms with Crippen molar-refractivity contribution in [3.8, 4) is 0 Å². The number of hydrogen-bond acceptors (Lipinski definition) is 4. The van der Waals surface area contributed by atoms with E-state index in [4.69, 9.17) is 23.2 Å². The highest BCUT2D eigenvalue weighted by Crippen LogP contribution is 2.32. The molecule has 0 spiro atoms. The number of para-hydroxylation sites is 1. The molecule has 0 radical (unpaired) electrons. The molecular formula is C19H19Cl2N5O. The summed E-state index contributed by atoms with van der Waals surface area (Å²) in [5.41, 5.74) is 2.31. The molecule has 1 aromatic carbocycles. The molecule has 27 heavy (non-hydrogen) atoms. The molecule has 1 saturated carbocycles.